The summed E-state index contributed by atoms with van der Waals surface area (Å²) in [6.07, 6.45) is 11.6. The second-order valence-electron chi connectivity index (χ2n) is 13.0. The first-order valence-corrected chi connectivity index (χ1v) is 15.5. The van der Waals surface area contributed by atoms with Crippen molar-refractivity contribution in [3.05, 3.63) is 0 Å². The molecule has 0 aromatic heterocycles. The second-order valence-corrected chi connectivity index (χ2v) is 14.4. The van der Waals surface area contributed by atoms with E-state index >= 15 is 0 Å². The van der Waals surface area contributed by atoms with Crippen LogP contribution >= 0.6 is 0 Å². The molecule has 0 aliphatic heterocycles. The molecule has 4 rings (SSSR count). The zero-order chi connectivity index (χ0) is 25.6. The molecule has 10 atom stereocenters. The maximum atomic E-state index is 12.4. The van der Waals surface area contributed by atoms with Crippen molar-refractivity contribution < 1.29 is 28.0 Å². The summed E-state index contributed by atoms with van der Waals surface area (Å²) in [4.78, 5) is 12.4. The predicted octanol–water partition coefficient (Wildman–Crippen LogP) is 3.44. The lowest BCUT2D eigenvalue weighted by molar-refractivity contribution is -0.130. The monoisotopic (exact) mass is 512 g/mol. The highest BCUT2D eigenvalue weighted by Crippen LogP contribution is 2.68. The molecule has 0 bridgehead atoms. The highest BCUT2D eigenvalue weighted by molar-refractivity contribution is 7.85. The van der Waals surface area contributed by atoms with Crippen LogP contribution in [0.4, 0.5) is 0 Å². The maximum absolute atomic E-state index is 12.4. The van der Waals surface area contributed by atoms with Gasteiger partial charge in [-0.2, -0.15) is 0 Å². The maximum Gasteiger partial charge on any atom is 0.220 e. The molecule has 0 heterocycles. The molecular weight excluding hydrogens is 466 g/mol. The SMILES string of the molecule is C[C@H](CCC(=O)N[C@H](CO)CS(=O)(=O)[O-])[C@H]1CC[C@H]2[C@@H]3CC[C@@H]4C[C@H](O)CC[C@]4(C)[C@H]3CC[C@]12C. The lowest BCUT2D eigenvalue weighted by Gasteiger charge is -2.61. The van der Waals surface area contributed by atoms with Crippen molar-refractivity contribution in [2.75, 3.05) is 12.4 Å². The van der Waals surface area contributed by atoms with Crippen LogP contribution in [0.25, 0.3) is 0 Å². The van der Waals surface area contributed by atoms with Gasteiger partial charge >= 0.3 is 0 Å². The Bertz CT molecular complexity index is 879. The van der Waals surface area contributed by atoms with Crippen LogP contribution in [0.3, 0.4) is 0 Å². The third-order valence-electron chi connectivity index (χ3n) is 11.2. The van der Waals surface area contributed by atoms with Crippen LogP contribution in [-0.2, 0) is 14.9 Å². The highest BCUT2D eigenvalue weighted by Gasteiger charge is 2.60. The van der Waals surface area contributed by atoms with Crippen molar-refractivity contribution >= 4 is 16.0 Å². The number of rotatable bonds is 8. The Morgan fingerprint density at radius 2 is 1.74 bits per heavy atom. The number of aliphatic hydroxyl groups excluding tert-OH is 2. The van der Waals surface area contributed by atoms with Crippen LogP contribution in [-0.4, -0.2) is 53.6 Å². The number of hydrogen-bond donors (Lipinski definition) is 3. The molecule has 7 nitrogen and oxygen atoms in total. The fourth-order valence-corrected chi connectivity index (χ4v) is 10.1. The Kier molecular flexibility index (Phi) is 7.98. The molecular formula is C27H46NO6S-. The number of amides is 1. The number of fused-ring (bicyclic) bond motifs is 5. The minimum atomic E-state index is -4.51. The van der Waals surface area contributed by atoms with Crippen LogP contribution in [0.2, 0.25) is 0 Å². The van der Waals surface area contributed by atoms with Crippen LogP contribution < -0.4 is 5.32 Å². The van der Waals surface area contributed by atoms with Gasteiger partial charge in [-0.25, -0.2) is 8.42 Å². The van der Waals surface area contributed by atoms with Crippen LogP contribution in [0.5, 0.6) is 0 Å². The quantitative estimate of drug-likeness (QED) is 0.428. The Balaban J connectivity index is 1.36. The van der Waals surface area contributed by atoms with Gasteiger partial charge in [-0.1, -0.05) is 20.8 Å². The van der Waals surface area contributed by atoms with E-state index in [1.807, 2.05) is 0 Å². The molecule has 4 aliphatic rings. The summed E-state index contributed by atoms with van der Waals surface area (Å²) in [6, 6.07) is -1.04. The molecule has 202 valence electrons. The van der Waals surface area contributed by atoms with Gasteiger partial charge in [0.05, 0.1) is 34.6 Å². The van der Waals surface area contributed by atoms with Gasteiger partial charge in [0.1, 0.15) is 0 Å². The minimum Gasteiger partial charge on any atom is -0.748 e. The van der Waals surface area contributed by atoms with Gasteiger partial charge in [0.2, 0.25) is 5.91 Å². The molecule has 3 N–H and O–H groups in total. The van der Waals surface area contributed by atoms with E-state index in [0.717, 1.165) is 37.0 Å². The smallest absolute Gasteiger partial charge is 0.220 e. The molecule has 4 fully saturated rings. The molecule has 35 heavy (non-hydrogen) atoms. The van der Waals surface area contributed by atoms with Gasteiger partial charge in [0.15, 0.2) is 0 Å². The van der Waals surface area contributed by atoms with Crippen molar-refractivity contribution in [2.24, 2.45) is 46.3 Å². The number of hydrogen-bond acceptors (Lipinski definition) is 6. The molecule has 0 saturated heterocycles. The third kappa shape index (κ3) is 5.46. The van der Waals surface area contributed by atoms with Crippen LogP contribution in [0, 0.1) is 46.3 Å². The number of aliphatic hydroxyl groups is 2. The van der Waals surface area contributed by atoms with E-state index in [9.17, 15) is 28.0 Å². The van der Waals surface area contributed by atoms with Crippen LogP contribution in [0.1, 0.15) is 91.4 Å². The Morgan fingerprint density at radius 3 is 2.43 bits per heavy atom. The van der Waals surface area contributed by atoms with E-state index in [0.29, 0.717) is 28.6 Å². The molecule has 0 spiro atoms. The minimum absolute atomic E-state index is 0.107. The Labute approximate surface area is 211 Å². The van der Waals surface area contributed by atoms with E-state index < -0.39 is 28.5 Å². The van der Waals surface area contributed by atoms with Crippen molar-refractivity contribution in [2.45, 2.75) is 104 Å². The van der Waals surface area contributed by atoms with Gasteiger partial charge in [-0.3, -0.25) is 4.79 Å². The lowest BCUT2D eigenvalue weighted by Crippen LogP contribution is -2.54. The lowest BCUT2D eigenvalue weighted by atomic mass is 9.44. The molecule has 8 heteroatoms. The Hall–Kier alpha value is -0.700. The second kappa shape index (κ2) is 10.2. The first kappa shape index (κ1) is 27.3. The summed E-state index contributed by atoms with van der Waals surface area (Å²) >= 11 is 0. The van der Waals surface area contributed by atoms with Crippen molar-refractivity contribution in [3.8, 4) is 0 Å². The molecule has 0 unspecified atom stereocenters. The summed E-state index contributed by atoms with van der Waals surface area (Å²) in [7, 11) is -4.51. The normalized spacial score (nSPS) is 42.9. The Morgan fingerprint density at radius 1 is 1.06 bits per heavy atom. The van der Waals surface area contributed by atoms with E-state index in [-0.39, 0.29) is 18.4 Å². The van der Waals surface area contributed by atoms with Gasteiger partial charge in [0.25, 0.3) is 0 Å². The van der Waals surface area contributed by atoms with E-state index in [1.54, 1.807) is 0 Å². The molecule has 0 aromatic carbocycles. The largest absolute Gasteiger partial charge is 0.748 e. The molecule has 4 saturated carbocycles. The topological polar surface area (TPSA) is 127 Å². The average Bonchev–Trinajstić information content (AvgIpc) is 3.14. The average molecular weight is 513 g/mol. The summed E-state index contributed by atoms with van der Waals surface area (Å²) in [6.45, 7) is 6.72. The van der Waals surface area contributed by atoms with Crippen molar-refractivity contribution in [3.63, 3.8) is 0 Å². The summed E-state index contributed by atoms with van der Waals surface area (Å²) < 4.78 is 32.9. The zero-order valence-corrected chi connectivity index (χ0v) is 22.6. The third-order valence-corrected chi connectivity index (χ3v) is 12.0. The van der Waals surface area contributed by atoms with Crippen LogP contribution in [0.15, 0.2) is 0 Å². The summed E-state index contributed by atoms with van der Waals surface area (Å²) in [5.41, 5.74) is 0.685. The molecule has 1 amide bonds. The number of nitrogens with one attached hydrogen (secondary N) is 1. The number of carbonyl (C=O) groups excluding carboxylic acids is 1. The van der Waals surface area contributed by atoms with E-state index in [2.05, 4.69) is 26.1 Å². The summed E-state index contributed by atoms with van der Waals surface area (Å²) in [5.74, 6) is 2.86. The van der Waals surface area contributed by atoms with Crippen molar-refractivity contribution in [1.29, 1.82) is 0 Å². The van der Waals surface area contributed by atoms with Gasteiger partial charge in [0, 0.05) is 6.42 Å². The fraction of sp³-hybridized carbons (Fsp3) is 0.963. The molecule has 0 radical (unpaired) electrons. The number of carbonyl (C=O) groups is 1. The highest BCUT2D eigenvalue weighted by atomic mass is 32.2. The fourth-order valence-electron chi connectivity index (χ4n) is 9.46. The first-order chi connectivity index (χ1) is 16.4. The molecule has 4 aliphatic carbocycles. The zero-order valence-electron chi connectivity index (χ0n) is 21.7. The van der Waals surface area contributed by atoms with Crippen molar-refractivity contribution in [1.82, 2.24) is 5.32 Å². The van der Waals surface area contributed by atoms with Gasteiger partial charge in [-0.15, -0.1) is 0 Å². The first-order valence-electron chi connectivity index (χ1n) is 13.9. The van der Waals surface area contributed by atoms with Gasteiger partial charge < -0.3 is 20.1 Å². The van der Waals surface area contributed by atoms with E-state index in [1.165, 1.54) is 44.9 Å². The predicted molar refractivity (Wildman–Crippen MR) is 133 cm³/mol. The summed E-state index contributed by atoms with van der Waals surface area (Å²) in [5, 5.41) is 22.1. The molecule has 0 aromatic rings. The standard InChI is InChI=1S/C27H47NO6S/c1-17(4-9-25(31)28-19(15-29)16-35(32,33)34)22-7-8-23-21-6-5-18-14-20(30)10-12-26(18,2)24(21)11-13-27(22,23)3/h17-24,29-30H,4-16H2,1-3H3,(H,28,31)(H,32,33,34)/p-1/t17-,18-,19-,20-,21+,22-,23+,24+,26+,27-/m1/s1. The van der Waals surface area contributed by atoms with Gasteiger partial charge in [-0.05, 0) is 111 Å². The van der Waals surface area contributed by atoms with E-state index in [4.69, 9.17) is 0 Å².